The molecule has 2 N–H and O–H groups in total. The number of carbonyl (C=O) groups excluding carboxylic acids is 2. The average molecular weight is 576 g/mol. The number of H-pyrrole nitrogens is 1. The van der Waals surface area contributed by atoms with E-state index >= 15 is 0 Å². The Labute approximate surface area is 246 Å². The van der Waals surface area contributed by atoms with Crippen molar-refractivity contribution >= 4 is 40.2 Å². The fraction of sp³-hybridized carbons (Fsp3) is 0.515. The zero-order valence-electron chi connectivity index (χ0n) is 24.7. The van der Waals surface area contributed by atoms with Crippen LogP contribution in [-0.4, -0.2) is 59.0 Å². The van der Waals surface area contributed by atoms with Crippen LogP contribution in [0.15, 0.2) is 42.5 Å². The van der Waals surface area contributed by atoms with Crippen LogP contribution < -0.4 is 14.8 Å². The van der Waals surface area contributed by atoms with Crippen LogP contribution in [0.1, 0.15) is 63.1 Å². The molecule has 1 saturated heterocycles. The highest BCUT2D eigenvalue weighted by molar-refractivity contribution is 7.99. The third kappa shape index (κ3) is 4.88. The maximum atomic E-state index is 14.4. The summed E-state index contributed by atoms with van der Waals surface area (Å²) in [6.07, 6.45) is 3.69. The standard InChI is InChI=1S/C33H41N3O4S/c1-20-29(23-8-6-7-9-25(23)34-20)30-24(32(30,2)3)19-28(37)36(21-10-11-21)33(14-16-41-17-15-33)31(38)35-26-13-12-22(39-4)18-27(26)40-5/h6-9,12-13,18,21,24,30,34H,10-11,14-17,19H2,1-5H3,(H,35,38). The molecule has 1 aliphatic heterocycles. The lowest BCUT2D eigenvalue weighted by Crippen LogP contribution is -2.61. The minimum Gasteiger partial charge on any atom is -0.497 e. The zero-order valence-corrected chi connectivity index (χ0v) is 25.5. The van der Waals surface area contributed by atoms with Gasteiger partial charge < -0.3 is 24.7 Å². The maximum absolute atomic E-state index is 14.4. The first-order chi connectivity index (χ1) is 19.7. The van der Waals surface area contributed by atoms with Crippen LogP contribution in [0.3, 0.4) is 0 Å². The third-order valence-electron chi connectivity index (χ3n) is 9.74. The van der Waals surface area contributed by atoms with Crippen LogP contribution in [0.5, 0.6) is 11.5 Å². The van der Waals surface area contributed by atoms with E-state index in [1.165, 1.54) is 16.6 Å². The lowest BCUT2D eigenvalue weighted by molar-refractivity contribution is -0.147. The van der Waals surface area contributed by atoms with Crippen molar-refractivity contribution in [3.8, 4) is 11.5 Å². The Hall–Kier alpha value is -3.13. The molecular formula is C33H41N3O4S. The number of rotatable bonds is 9. The highest BCUT2D eigenvalue weighted by Crippen LogP contribution is 2.67. The van der Waals surface area contributed by atoms with Gasteiger partial charge >= 0.3 is 0 Å². The SMILES string of the molecule is COc1ccc(NC(=O)C2(N(C(=O)CC3C(c4c(C)[nH]c5ccccc45)C3(C)C)C3CC3)CCSCC2)c(OC)c1. The van der Waals surface area contributed by atoms with E-state index < -0.39 is 5.54 Å². The van der Waals surface area contributed by atoms with Crippen molar-refractivity contribution in [1.82, 2.24) is 9.88 Å². The van der Waals surface area contributed by atoms with Gasteiger partial charge in [-0.05, 0) is 85.1 Å². The minimum absolute atomic E-state index is 0.00883. The van der Waals surface area contributed by atoms with Crippen molar-refractivity contribution in [2.45, 2.75) is 70.4 Å². The van der Waals surface area contributed by atoms with Crippen molar-refractivity contribution < 1.29 is 19.1 Å². The Kier molecular flexibility index (Phi) is 7.25. The van der Waals surface area contributed by atoms with Crippen molar-refractivity contribution in [1.29, 1.82) is 0 Å². The van der Waals surface area contributed by atoms with Crippen molar-refractivity contribution in [3.63, 3.8) is 0 Å². The first kappa shape index (κ1) is 28.0. The Balaban J connectivity index is 1.28. The molecule has 41 heavy (non-hydrogen) atoms. The second-order valence-electron chi connectivity index (χ2n) is 12.5. The van der Waals surface area contributed by atoms with Gasteiger partial charge in [-0.1, -0.05) is 32.0 Å². The van der Waals surface area contributed by atoms with Gasteiger partial charge in [-0.25, -0.2) is 0 Å². The Morgan fingerprint density at radius 1 is 1.07 bits per heavy atom. The van der Waals surface area contributed by atoms with E-state index in [-0.39, 0.29) is 29.2 Å². The molecule has 0 bridgehead atoms. The van der Waals surface area contributed by atoms with Gasteiger partial charge in [0.05, 0.1) is 19.9 Å². The van der Waals surface area contributed by atoms with Gasteiger partial charge in [0.25, 0.3) is 5.91 Å². The van der Waals surface area contributed by atoms with Gasteiger partial charge in [0, 0.05) is 35.1 Å². The number of benzene rings is 2. The summed E-state index contributed by atoms with van der Waals surface area (Å²) in [5.74, 6) is 3.46. The number of fused-ring (bicyclic) bond motifs is 1. The van der Waals surface area contributed by atoms with Crippen LogP contribution in [0.4, 0.5) is 5.69 Å². The number of nitrogens with one attached hydrogen (secondary N) is 2. The molecule has 218 valence electrons. The number of aromatic amines is 1. The van der Waals surface area contributed by atoms with Crippen LogP contribution in [0.25, 0.3) is 10.9 Å². The summed E-state index contributed by atoms with van der Waals surface area (Å²) in [6.45, 7) is 6.72. The molecule has 0 spiro atoms. The van der Waals surface area contributed by atoms with Crippen molar-refractivity contribution in [3.05, 3.63) is 53.7 Å². The van der Waals surface area contributed by atoms with E-state index in [2.05, 4.69) is 55.3 Å². The van der Waals surface area contributed by atoms with Gasteiger partial charge in [0.15, 0.2) is 0 Å². The minimum atomic E-state index is -0.861. The second kappa shape index (κ2) is 10.6. The van der Waals surface area contributed by atoms with Crippen molar-refractivity contribution in [2.75, 3.05) is 31.0 Å². The maximum Gasteiger partial charge on any atom is 0.250 e. The first-order valence-electron chi connectivity index (χ1n) is 14.7. The number of carbonyl (C=O) groups is 2. The molecular weight excluding hydrogens is 534 g/mol. The predicted octanol–water partition coefficient (Wildman–Crippen LogP) is 6.52. The number of aryl methyl sites for hydroxylation is 1. The van der Waals surface area contributed by atoms with E-state index in [0.29, 0.717) is 42.4 Å². The lowest BCUT2D eigenvalue weighted by Gasteiger charge is -2.45. The van der Waals surface area contributed by atoms with E-state index in [4.69, 9.17) is 9.47 Å². The van der Waals surface area contributed by atoms with E-state index in [9.17, 15) is 9.59 Å². The van der Waals surface area contributed by atoms with Gasteiger partial charge in [0.1, 0.15) is 17.0 Å². The second-order valence-corrected chi connectivity index (χ2v) is 13.7. The van der Waals surface area contributed by atoms with E-state index in [0.717, 1.165) is 29.9 Å². The summed E-state index contributed by atoms with van der Waals surface area (Å²) < 4.78 is 10.9. The van der Waals surface area contributed by atoms with E-state index in [1.54, 1.807) is 20.3 Å². The number of para-hydroxylation sites is 1. The van der Waals surface area contributed by atoms with Crippen LogP contribution >= 0.6 is 11.8 Å². The fourth-order valence-corrected chi connectivity index (χ4v) is 8.40. The highest BCUT2D eigenvalue weighted by atomic mass is 32.2. The van der Waals surface area contributed by atoms with Crippen molar-refractivity contribution in [2.24, 2.45) is 11.3 Å². The molecule has 2 aliphatic carbocycles. The highest BCUT2D eigenvalue weighted by Gasteiger charge is 2.61. The summed E-state index contributed by atoms with van der Waals surface area (Å²) in [7, 11) is 3.19. The molecule has 2 atom stereocenters. The number of hydrogen-bond acceptors (Lipinski definition) is 5. The van der Waals surface area contributed by atoms with E-state index in [1.807, 2.05) is 28.8 Å². The van der Waals surface area contributed by atoms with Gasteiger partial charge in [-0.3, -0.25) is 9.59 Å². The number of amides is 2. The molecule has 2 aromatic carbocycles. The molecule has 3 aromatic rings. The van der Waals surface area contributed by atoms with Gasteiger partial charge in [-0.2, -0.15) is 11.8 Å². The first-order valence-corrected chi connectivity index (χ1v) is 15.9. The molecule has 2 amide bonds. The summed E-state index contributed by atoms with van der Waals surface area (Å²) in [5.41, 5.74) is 3.42. The monoisotopic (exact) mass is 575 g/mol. The number of aromatic nitrogens is 1. The molecule has 8 heteroatoms. The Morgan fingerprint density at radius 2 is 1.80 bits per heavy atom. The molecule has 3 aliphatic rings. The topological polar surface area (TPSA) is 83.7 Å². The number of methoxy groups -OCH3 is 2. The predicted molar refractivity (Wildman–Crippen MR) is 165 cm³/mol. The number of thioether (sulfide) groups is 1. The third-order valence-corrected chi connectivity index (χ3v) is 10.7. The van der Waals surface area contributed by atoms with Crippen LogP contribution in [0.2, 0.25) is 0 Å². The molecule has 7 nitrogen and oxygen atoms in total. The summed E-state index contributed by atoms with van der Waals surface area (Å²) in [6, 6.07) is 14.0. The summed E-state index contributed by atoms with van der Waals surface area (Å²) >= 11 is 1.86. The molecule has 1 aromatic heterocycles. The molecule has 2 saturated carbocycles. The van der Waals surface area contributed by atoms with Gasteiger partial charge in [0.2, 0.25) is 5.91 Å². The fourth-order valence-electron chi connectivity index (χ4n) is 7.24. The molecule has 2 unspecified atom stereocenters. The van der Waals surface area contributed by atoms with Crippen LogP contribution in [-0.2, 0) is 9.59 Å². The van der Waals surface area contributed by atoms with Crippen LogP contribution in [0, 0.1) is 18.3 Å². The number of hydrogen-bond donors (Lipinski definition) is 2. The zero-order chi connectivity index (χ0) is 28.9. The average Bonchev–Trinajstić information content (AvgIpc) is 3.86. The summed E-state index contributed by atoms with van der Waals surface area (Å²) in [4.78, 5) is 34.2. The Morgan fingerprint density at radius 3 is 2.49 bits per heavy atom. The normalized spacial score (nSPS) is 22.7. The number of anilines is 1. The number of ether oxygens (including phenoxy) is 2. The lowest BCUT2D eigenvalue weighted by atomic mass is 9.87. The van der Waals surface area contributed by atoms with Gasteiger partial charge in [-0.15, -0.1) is 0 Å². The molecule has 3 fully saturated rings. The smallest absolute Gasteiger partial charge is 0.250 e. The molecule has 2 heterocycles. The summed E-state index contributed by atoms with van der Waals surface area (Å²) in [5, 5.41) is 4.41. The Bertz CT molecular complexity index is 1470. The largest absolute Gasteiger partial charge is 0.497 e. The molecule has 6 rings (SSSR count). The quantitative estimate of drug-likeness (QED) is 0.304. The molecule has 0 radical (unpaired) electrons. The number of nitrogens with zero attached hydrogens (tertiary/aromatic N) is 1.